The van der Waals surface area contributed by atoms with Gasteiger partial charge in [-0.3, -0.25) is 0 Å². The van der Waals surface area contributed by atoms with E-state index in [0.29, 0.717) is 55.2 Å². The van der Waals surface area contributed by atoms with E-state index >= 15 is 0 Å². The van der Waals surface area contributed by atoms with E-state index in [9.17, 15) is 0 Å². The number of rotatable bonds is 36. The smallest absolute Gasteiger partial charge is 0.0316 e. The predicted molar refractivity (Wildman–Crippen MR) is 603 cm³/mol. The molecule has 756 valence electrons. The highest BCUT2D eigenvalue weighted by Gasteiger charge is 2.25. The Labute approximate surface area is 879 Å². The molecule has 0 nitrogen and oxygen atoms in total. The van der Waals surface area contributed by atoms with E-state index in [1.807, 2.05) is 0 Å². The summed E-state index contributed by atoms with van der Waals surface area (Å²) in [6, 6.07) is 44.6. The average Bonchev–Trinajstić information content (AvgIpc) is 0.759. The van der Waals surface area contributed by atoms with Gasteiger partial charge in [0.05, 0.1) is 0 Å². The number of hydrogen-bond donors (Lipinski definition) is 0. The lowest BCUT2D eigenvalue weighted by molar-refractivity contribution is 0.242. The van der Waals surface area contributed by atoms with E-state index in [0.717, 1.165) is 101 Å². The molecule has 12 unspecified atom stereocenters. The molecule has 12 atom stereocenters. The van der Waals surface area contributed by atoms with Crippen molar-refractivity contribution in [3.8, 4) is 0 Å². The third-order valence-corrected chi connectivity index (χ3v) is 26.9. The van der Waals surface area contributed by atoms with E-state index in [-0.39, 0.29) is 46.8 Å². The zero-order valence-corrected chi connectivity index (χ0v) is 89.5. The van der Waals surface area contributed by atoms with Crippen LogP contribution in [0.2, 0.25) is 0 Å². The summed E-state index contributed by atoms with van der Waals surface area (Å²) in [5.41, 5.74) is 10.3. The Morgan fingerprint density at radius 3 is 0.659 bits per heavy atom. The fourth-order valence-corrected chi connectivity index (χ4v) is 19.3. The molecule has 0 aliphatic heterocycles. The lowest BCUT2D eigenvalue weighted by atomic mass is 9.78. The summed E-state index contributed by atoms with van der Waals surface area (Å²) in [6.45, 7) is 43.5. The number of aryl methyl sites for hydroxylation is 12. The Morgan fingerprint density at radius 2 is 0.402 bits per heavy atom. The van der Waals surface area contributed by atoms with E-state index in [2.05, 4.69) is 156 Å². The maximum atomic E-state index is 8.00. The summed E-state index contributed by atoms with van der Waals surface area (Å²) < 4.78 is 277. The maximum Gasteiger partial charge on any atom is 0.0316 e. The van der Waals surface area contributed by atoms with Crippen LogP contribution in [0, 0.1) is 71.0 Å². The molecular weight excluding hydrogens is 1590 g/mol. The molecular formula is C132H228. The van der Waals surface area contributed by atoms with Crippen LogP contribution in [0.25, 0.3) is 0 Å². The molecule has 0 radical (unpaired) electrons. The van der Waals surface area contributed by atoms with Crippen molar-refractivity contribution in [3.05, 3.63) is 212 Å². The van der Waals surface area contributed by atoms with Gasteiger partial charge in [0.25, 0.3) is 0 Å². The van der Waals surface area contributed by atoms with Crippen LogP contribution < -0.4 is 0 Å². The fraction of sp³-hybridized carbons (Fsp3) is 0.727. The molecule has 0 heteroatoms. The molecule has 6 saturated carbocycles. The van der Waals surface area contributed by atoms with Gasteiger partial charge in [-0.25, -0.2) is 0 Å². The molecule has 0 amide bonds. The topological polar surface area (TPSA) is 0 Å². The first-order valence-corrected chi connectivity index (χ1v) is 53.5. The molecule has 6 aliphatic carbocycles. The average molecular weight is 1850 g/mol. The third-order valence-electron chi connectivity index (χ3n) is 26.9. The molecule has 0 saturated heterocycles. The van der Waals surface area contributed by atoms with Crippen LogP contribution in [0.5, 0.6) is 0 Å². The predicted octanol–water partition coefficient (Wildman–Crippen LogP) is 43.2. The molecule has 12 rings (SSSR count). The van der Waals surface area contributed by atoms with Gasteiger partial charge in [-0.15, -0.1) is 0 Å². The standard InChI is InChI=1S/2C12H24.2C12H18.2C11H22.2C11H16.2C10H20.2C10H14/c4*1-3-6-11-8-5-9-12(10-11)7-4-2;4*1-3-6-11-8-5-7-10(4-2)9-11;4*1-3-9-6-5-7-10(4-2)8-9/h2*11-12H,3-10H2,1-2H3;2*5,8-10H,3-4,6-7H2,1-2H3;2*10-11H,3-9H2,1-2H3;2*5,7-9H,3-4,6H2,1-2H3;2*9-10H,3-8H2,1-2H3;2*5-8H,3-4H2,1-2H3/i3D2,4D2,6D2,7D2;;3D2,4D2,6D2,7D2;;3D2,4D2,6D2;;3D2,4D2,6D2;;3D2,4D2;;3D2,4D2;. The Bertz CT molecular complexity index is 4960. The van der Waals surface area contributed by atoms with Gasteiger partial charge in [0.1, 0.15) is 0 Å². The molecule has 0 bridgehead atoms. The monoisotopic (exact) mass is 1850 g/mol. The third kappa shape index (κ3) is 63.0. The van der Waals surface area contributed by atoms with Crippen molar-refractivity contribution in [2.45, 2.75) is 551 Å². The Kier molecular flexibility index (Phi) is 50.0. The van der Waals surface area contributed by atoms with Gasteiger partial charge in [0.15, 0.2) is 0 Å². The highest BCUT2D eigenvalue weighted by atomic mass is 14.3. The summed E-state index contributed by atoms with van der Waals surface area (Å²) in [6.07, 6.45) is 17.1. The van der Waals surface area contributed by atoms with Crippen LogP contribution in [0.15, 0.2) is 146 Å². The molecule has 6 aromatic rings. The van der Waals surface area contributed by atoms with Crippen molar-refractivity contribution < 1.29 is 49.3 Å². The van der Waals surface area contributed by atoms with Gasteiger partial charge >= 0.3 is 0 Å². The minimum absolute atomic E-state index is 0.00405. The molecule has 6 aliphatic rings. The normalized spacial score (nSPS) is 27.1. The summed E-state index contributed by atoms with van der Waals surface area (Å²) in [7, 11) is 0. The minimum atomic E-state index is -2.29. The van der Waals surface area contributed by atoms with Crippen LogP contribution in [-0.4, -0.2) is 0 Å². The molecule has 0 aromatic heterocycles. The maximum absolute atomic E-state index is 8.00. The second-order valence-corrected chi connectivity index (χ2v) is 37.4. The summed E-state index contributed by atoms with van der Waals surface area (Å²) in [5, 5.41) is 0. The van der Waals surface area contributed by atoms with Crippen molar-refractivity contribution in [3.63, 3.8) is 0 Å². The first kappa shape index (κ1) is 76.2. The minimum Gasteiger partial charge on any atom is -0.0654 e. The van der Waals surface area contributed by atoms with E-state index in [1.165, 1.54) is 292 Å². The quantitative estimate of drug-likeness (QED) is 0.0368. The number of hydrogen-bond acceptors (Lipinski definition) is 0. The van der Waals surface area contributed by atoms with Crippen LogP contribution in [0.3, 0.4) is 0 Å². The highest BCUT2D eigenvalue weighted by Crippen LogP contribution is 2.39. The largest absolute Gasteiger partial charge is 0.0654 e. The van der Waals surface area contributed by atoms with E-state index in [1.54, 1.807) is 56.7 Å². The van der Waals surface area contributed by atoms with Crippen molar-refractivity contribution in [1.29, 1.82) is 0 Å². The van der Waals surface area contributed by atoms with Crippen molar-refractivity contribution in [2.75, 3.05) is 0 Å². The van der Waals surface area contributed by atoms with E-state index in [4.69, 9.17) is 49.3 Å². The van der Waals surface area contributed by atoms with Crippen LogP contribution in [0.4, 0.5) is 0 Å². The van der Waals surface area contributed by atoms with Gasteiger partial charge in [-0.2, -0.15) is 0 Å². The Hall–Kier alpha value is -4.68. The van der Waals surface area contributed by atoms with Crippen molar-refractivity contribution in [1.82, 2.24) is 0 Å². The van der Waals surface area contributed by atoms with Gasteiger partial charge in [0.2, 0.25) is 0 Å². The van der Waals surface area contributed by atoms with Crippen LogP contribution >= 0.6 is 0 Å². The summed E-state index contributed by atoms with van der Waals surface area (Å²) in [5.74, 6) is 4.86. The van der Waals surface area contributed by atoms with Crippen molar-refractivity contribution in [2.24, 2.45) is 71.0 Å². The van der Waals surface area contributed by atoms with Gasteiger partial charge < -0.3 is 0 Å². The molecule has 0 spiro atoms. The van der Waals surface area contributed by atoms with Crippen molar-refractivity contribution >= 4 is 0 Å². The summed E-state index contributed by atoms with van der Waals surface area (Å²) >= 11 is 0. The highest BCUT2D eigenvalue weighted by molar-refractivity contribution is 5.28. The first-order valence-electron chi connectivity index (χ1n) is 71.5. The van der Waals surface area contributed by atoms with Crippen LogP contribution in [0.1, 0.15) is 590 Å². The second-order valence-electron chi connectivity index (χ2n) is 37.4. The van der Waals surface area contributed by atoms with Gasteiger partial charge in [0, 0.05) is 49.3 Å². The zero-order valence-electron chi connectivity index (χ0n) is 125. The van der Waals surface area contributed by atoms with Gasteiger partial charge in [-0.1, -0.05) is 581 Å². The molecule has 0 N–H and O–H groups in total. The lowest BCUT2D eigenvalue weighted by Gasteiger charge is -2.28. The molecule has 6 fully saturated rings. The Balaban J connectivity index is 0.000000922. The number of benzene rings is 6. The molecule has 0 heterocycles. The SMILES string of the molecule is CCC1CCCC(CC)C1.CCCC1CCCC(CC)C1.CCCC1CCCC(CCC)C1.CCCc1cccc(CC)c1.CCCc1cccc(CCC)c1.CCc1cccc(CC)c1.[2H]C([2H])(C)C([2H])([2H])C1CCCC(C([2H])([2H])C([2H])([2H])C)C1.[2H]C([2H])(C)C([2H])([2H])c1cccc(C([2H])([2H])C([2H])([2H])C)c1.[2H]C([2H])(C)C1CCCC(C([2H])([2H])C([2H])([2H])C)C1.[2H]C([2H])(C)C1CCCC(C([2H])([2H])C)C1.[2H]C([2H])(C)c1cccc(C([2H])([2H])C([2H])([2H])C)c1.[2H]C([2H])(C)c1cccc(C([2H])([2H])C)c1. The fourth-order valence-electron chi connectivity index (χ4n) is 19.3. The lowest BCUT2D eigenvalue weighted by Crippen LogP contribution is -2.15. The second kappa shape index (κ2) is 86.6. The Morgan fingerprint density at radius 1 is 0.205 bits per heavy atom. The molecule has 132 heavy (non-hydrogen) atoms. The zero-order chi connectivity index (χ0) is 130. The first-order chi connectivity index (χ1) is 76.9. The summed E-state index contributed by atoms with van der Waals surface area (Å²) in [4.78, 5) is 0. The van der Waals surface area contributed by atoms with Crippen LogP contribution in [-0.2, 0) is 76.8 Å². The van der Waals surface area contributed by atoms with E-state index < -0.39 is 127 Å². The van der Waals surface area contributed by atoms with Gasteiger partial charge in [-0.05, 0) is 253 Å². The molecule has 6 aromatic carbocycles.